The quantitative estimate of drug-likeness (QED) is 0.474. The van der Waals surface area contributed by atoms with Crippen LogP contribution in [0.3, 0.4) is 0 Å². The molecule has 0 aliphatic carbocycles. The zero-order valence-corrected chi connectivity index (χ0v) is 8.10. The Bertz CT molecular complexity index is 345. The maximum atomic E-state index is 12.6. The molecular formula is C6H3BrFNO2S. The molecule has 64 valence electrons. The molecule has 1 rings (SSSR count). The summed E-state index contributed by atoms with van der Waals surface area (Å²) in [5.74, 6) is -0.671. The van der Waals surface area contributed by atoms with Gasteiger partial charge in [-0.1, -0.05) is 0 Å². The van der Waals surface area contributed by atoms with Crippen molar-refractivity contribution in [2.75, 3.05) is 0 Å². The fourth-order valence-electron chi connectivity index (χ4n) is 0.694. The van der Waals surface area contributed by atoms with Gasteiger partial charge in [0.1, 0.15) is 10.3 Å². The van der Waals surface area contributed by atoms with Crippen LogP contribution in [-0.2, 0) is 0 Å². The predicted octanol–water partition coefficient (Wildman–Crippen LogP) is 2.79. The Labute approximate surface area is 81.3 Å². The van der Waals surface area contributed by atoms with E-state index < -0.39 is 10.7 Å². The van der Waals surface area contributed by atoms with Gasteiger partial charge in [-0.15, -0.1) is 12.6 Å². The number of rotatable bonds is 1. The smallest absolute Gasteiger partial charge is 0.258 e. The lowest BCUT2D eigenvalue weighted by Gasteiger charge is -1.98. The molecule has 0 heterocycles. The van der Waals surface area contributed by atoms with E-state index in [1.807, 2.05) is 0 Å². The normalized spacial score (nSPS) is 9.92. The molecule has 0 radical (unpaired) electrons. The summed E-state index contributed by atoms with van der Waals surface area (Å²) in [5.41, 5.74) is -0.319. The molecule has 1 aromatic rings. The fraction of sp³-hybridized carbons (Fsp3) is 0. The van der Waals surface area contributed by atoms with Gasteiger partial charge in [-0.25, -0.2) is 4.39 Å². The third-order valence-electron chi connectivity index (χ3n) is 1.20. The number of halogens is 2. The molecule has 0 aliphatic rings. The molecule has 0 aliphatic heterocycles. The van der Waals surface area contributed by atoms with Gasteiger partial charge in [0.15, 0.2) is 0 Å². The van der Waals surface area contributed by atoms with Crippen LogP contribution in [0.2, 0.25) is 0 Å². The van der Waals surface area contributed by atoms with E-state index in [1.165, 1.54) is 0 Å². The number of benzene rings is 1. The van der Waals surface area contributed by atoms with Crippen molar-refractivity contribution in [1.29, 1.82) is 0 Å². The molecule has 0 spiro atoms. The fourth-order valence-corrected chi connectivity index (χ4v) is 1.31. The van der Waals surface area contributed by atoms with Crippen LogP contribution in [0.25, 0.3) is 0 Å². The van der Waals surface area contributed by atoms with E-state index >= 15 is 0 Å². The van der Waals surface area contributed by atoms with Gasteiger partial charge in [-0.05, 0) is 22.0 Å². The molecule has 0 saturated heterocycles. The van der Waals surface area contributed by atoms with Crippen LogP contribution < -0.4 is 0 Å². The maximum absolute atomic E-state index is 12.6. The minimum absolute atomic E-state index is 0.192. The zero-order valence-electron chi connectivity index (χ0n) is 5.62. The van der Waals surface area contributed by atoms with Gasteiger partial charge in [0.25, 0.3) is 5.69 Å². The van der Waals surface area contributed by atoms with E-state index in [2.05, 4.69) is 28.6 Å². The second kappa shape index (κ2) is 3.40. The van der Waals surface area contributed by atoms with Crippen LogP contribution >= 0.6 is 28.6 Å². The Morgan fingerprint density at radius 2 is 2.17 bits per heavy atom. The molecule has 12 heavy (non-hydrogen) atoms. The molecule has 0 N–H and O–H groups in total. The monoisotopic (exact) mass is 251 g/mol. The molecule has 0 aromatic heterocycles. The summed E-state index contributed by atoms with van der Waals surface area (Å²) in [6.07, 6.45) is 0. The van der Waals surface area contributed by atoms with Crippen molar-refractivity contribution in [2.24, 2.45) is 0 Å². The summed E-state index contributed by atoms with van der Waals surface area (Å²) in [5, 5.41) is 10.3. The highest BCUT2D eigenvalue weighted by Gasteiger charge is 2.15. The summed E-state index contributed by atoms with van der Waals surface area (Å²) in [7, 11) is 0. The second-order valence-electron chi connectivity index (χ2n) is 2.02. The average molecular weight is 252 g/mol. The van der Waals surface area contributed by atoms with Crippen molar-refractivity contribution < 1.29 is 9.31 Å². The van der Waals surface area contributed by atoms with Gasteiger partial charge < -0.3 is 0 Å². The molecule has 0 atom stereocenters. The van der Waals surface area contributed by atoms with E-state index in [4.69, 9.17) is 0 Å². The molecule has 0 saturated carbocycles. The van der Waals surface area contributed by atoms with Crippen LogP contribution in [0, 0.1) is 15.9 Å². The number of thiol groups is 1. The first-order valence-electron chi connectivity index (χ1n) is 2.85. The van der Waals surface area contributed by atoms with Crippen molar-refractivity contribution in [1.82, 2.24) is 0 Å². The van der Waals surface area contributed by atoms with Crippen molar-refractivity contribution in [3.05, 3.63) is 32.5 Å². The Morgan fingerprint density at radius 3 is 2.67 bits per heavy atom. The minimum Gasteiger partial charge on any atom is -0.258 e. The number of nitro groups is 1. The molecule has 0 bridgehead atoms. The van der Waals surface area contributed by atoms with Gasteiger partial charge in [0.2, 0.25) is 0 Å². The van der Waals surface area contributed by atoms with Crippen LogP contribution in [0.4, 0.5) is 10.1 Å². The lowest BCUT2D eigenvalue weighted by molar-refractivity contribution is -0.386. The summed E-state index contributed by atoms with van der Waals surface area (Å²) < 4.78 is 12.8. The Kier molecular flexibility index (Phi) is 2.69. The molecule has 0 amide bonds. The van der Waals surface area contributed by atoms with E-state index in [-0.39, 0.29) is 15.1 Å². The van der Waals surface area contributed by atoms with Crippen molar-refractivity contribution in [3.63, 3.8) is 0 Å². The van der Waals surface area contributed by atoms with E-state index in [0.717, 1.165) is 12.1 Å². The standard InChI is InChI=1S/C6H3BrFNO2S/c7-6-4(9(10)11)1-3(8)2-5(6)12/h1-2,12H. The zero-order chi connectivity index (χ0) is 9.30. The van der Waals surface area contributed by atoms with E-state index in [1.54, 1.807) is 0 Å². The maximum Gasteiger partial charge on any atom is 0.287 e. The highest BCUT2D eigenvalue weighted by molar-refractivity contribution is 9.10. The van der Waals surface area contributed by atoms with E-state index in [0.29, 0.717) is 0 Å². The topological polar surface area (TPSA) is 43.1 Å². The number of hydrogen-bond acceptors (Lipinski definition) is 3. The van der Waals surface area contributed by atoms with Gasteiger partial charge in [-0.3, -0.25) is 10.1 Å². The highest BCUT2D eigenvalue weighted by atomic mass is 79.9. The molecule has 0 unspecified atom stereocenters. The van der Waals surface area contributed by atoms with Crippen LogP contribution in [0.1, 0.15) is 0 Å². The minimum atomic E-state index is -0.674. The van der Waals surface area contributed by atoms with Gasteiger partial charge in [-0.2, -0.15) is 0 Å². The first-order chi connectivity index (χ1) is 5.52. The number of hydrogen-bond donors (Lipinski definition) is 1. The van der Waals surface area contributed by atoms with Gasteiger partial charge >= 0.3 is 0 Å². The third-order valence-corrected chi connectivity index (χ3v) is 2.69. The summed E-state index contributed by atoms with van der Waals surface area (Å²) in [6.45, 7) is 0. The first-order valence-corrected chi connectivity index (χ1v) is 4.09. The molecule has 3 nitrogen and oxygen atoms in total. The largest absolute Gasteiger partial charge is 0.287 e. The molecular weight excluding hydrogens is 249 g/mol. The lowest BCUT2D eigenvalue weighted by Crippen LogP contribution is -1.91. The highest BCUT2D eigenvalue weighted by Crippen LogP contribution is 2.31. The van der Waals surface area contributed by atoms with Gasteiger partial charge in [0.05, 0.1) is 11.0 Å². The van der Waals surface area contributed by atoms with Crippen LogP contribution in [0.5, 0.6) is 0 Å². The number of nitro benzene ring substituents is 1. The lowest BCUT2D eigenvalue weighted by atomic mass is 10.3. The summed E-state index contributed by atoms with van der Waals surface area (Å²) >= 11 is 6.77. The number of nitrogens with zero attached hydrogens (tertiary/aromatic N) is 1. The molecule has 0 fully saturated rings. The van der Waals surface area contributed by atoms with Crippen LogP contribution in [0.15, 0.2) is 21.5 Å². The Balaban J connectivity index is 3.37. The third kappa shape index (κ3) is 1.75. The second-order valence-corrected chi connectivity index (χ2v) is 3.29. The first kappa shape index (κ1) is 9.47. The SMILES string of the molecule is O=[N+]([O-])c1cc(F)cc(S)c1Br. The summed E-state index contributed by atoms with van der Waals surface area (Å²) in [4.78, 5) is 9.84. The van der Waals surface area contributed by atoms with E-state index in [9.17, 15) is 14.5 Å². The van der Waals surface area contributed by atoms with Gasteiger partial charge in [0, 0.05) is 4.90 Å². The van der Waals surface area contributed by atoms with Crippen LogP contribution in [-0.4, -0.2) is 4.92 Å². The Hall–Kier alpha value is -0.620. The average Bonchev–Trinajstić information content (AvgIpc) is 1.96. The molecule has 1 aromatic carbocycles. The van der Waals surface area contributed by atoms with Crippen molar-refractivity contribution >= 4 is 34.2 Å². The molecule has 6 heteroatoms. The summed E-state index contributed by atoms with van der Waals surface area (Å²) in [6, 6.07) is 1.93. The predicted molar refractivity (Wildman–Crippen MR) is 48.0 cm³/mol. The van der Waals surface area contributed by atoms with Crippen molar-refractivity contribution in [3.8, 4) is 0 Å². The van der Waals surface area contributed by atoms with Crippen molar-refractivity contribution in [2.45, 2.75) is 4.90 Å². The Morgan fingerprint density at radius 1 is 1.58 bits per heavy atom.